The number of fused-ring (bicyclic) bond motifs is 7. The third kappa shape index (κ3) is 8.06. The van der Waals surface area contributed by atoms with Gasteiger partial charge in [0.2, 0.25) is 0 Å². The molecule has 4 aliphatic rings. The predicted octanol–water partition coefficient (Wildman–Crippen LogP) is 18.5. The van der Waals surface area contributed by atoms with E-state index in [1.54, 1.807) is 22.3 Å². The minimum atomic E-state index is 0.0753. The predicted molar refractivity (Wildman–Crippen MR) is 261 cm³/mol. The van der Waals surface area contributed by atoms with Gasteiger partial charge in [0.25, 0.3) is 0 Å². The third-order valence-electron chi connectivity index (χ3n) is 14.9. The molecule has 4 aliphatic carbocycles. The molecule has 0 heterocycles. The average Bonchev–Trinajstić information content (AvgIpc) is 3.79. The first-order valence-electron chi connectivity index (χ1n) is 24.6. The average molecular weight is 793 g/mol. The Balaban J connectivity index is 1.24. The van der Waals surface area contributed by atoms with Crippen LogP contribution in [0.4, 0.5) is 0 Å². The molecule has 0 atom stereocenters. The lowest BCUT2D eigenvalue weighted by molar-refractivity contribution is 0.401. The van der Waals surface area contributed by atoms with Crippen molar-refractivity contribution in [3.63, 3.8) is 0 Å². The molecule has 0 bridgehead atoms. The maximum Gasteiger partial charge on any atom is 0.0215 e. The van der Waals surface area contributed by atoms with Gasteiger partial charge >= 0.3 is 0 Å². The number of hydrogen-bond acceptors (Lipinski definition) is 0. The van der Waals surface area contributed by atoms with Crippen LogP contribution in [-0.4, -0.2) is 0 Å². The summed E-state index contributed by atoms with van der Waals surface area (Å²) in [7, 11) is 0. The van der Waals surface area contributed by atoms with Crippen LogP contribution in [-0.2, 0) is 10.8 Å². The van der Waals surface area contributed by atoms with Gasteiger partial charge in [0, 0.05) is 10.8 Å². The van der Waals surface area contributed by atoms with E-state index >= 15 is 0 Å². The molecule has 312 valence electrons. The first kappa shape index (κ1) is 42.3. The molecule has 0 radical (unpaired) electrons. The van der Waals surface area contributed by atoms with Crippen LogP contribution < -0.4 is 0 Å². The van der Waals surface area contributed by atoms with Crippen LogP contribution in [0, 0.1) is 0 Å². The van der Waals surface area contributed by atoms with Crippen molar-refractivity contribution in [2.75, 3.05) is 0 Å². The lowest BCUT2D eigenvalue weighted by Gasteiger charge is -2.33. The maximum absolute atomic E-state index is 2.65. The van der Waals surface area contributed by atoms with E-state index in [0.717, 1.165) is 0 Å². The van der Waals surface area contributed by atoms with Crippen molar-refractivity contribution in [3.8, 4) is 55.6 Å². The molecule has 0 N–H and O–H groups in total. The summed E-state index contributed by atoms with van der Waals surface area (Å²) in [6.07, 6.45) is 25.8. The van der Waals surface area contributed by atoms with Crippen LogP contribution in [0.2, 0.25) is 0 Å². The summed E-state index contributed by atoms with van der Waals surface area (Å²) in [6, 6.07) is 48.1. The molecule has 0 aliphatic heterocycles. The SMILES string of the molecule is CCCCCCC1(CCCCCC)c2ccccc2-c2ccc(-c3cc(-c4ccc5c(c4)C(CCCCCC)(CCCCCC)c4ccccc4-5)c4cccccc3-4)cc21. The highest BCUT2D eigenvalue weighted by Gasteiger charge is 2.44. The van der Waals surface area contributed by atoms with Crippen molar-refractivity contribution in [2.45, 2.75) is 167 Å². The van der Waals surface area contributed by atoms with Gasteiger partial charge in [-0.15, -0.1) is 0 Å². The summed E-state index contributed by atoms with van der Waals surface area (Å²) in [6.45, 7) is 9.36. The number of benzene rings is 4. The second-order valence-corrected chi connectivity index (χ2v) is 18.7. The quantitative estimate of drug-likeness (QED) is 0.0601. The molecule has 0 nitrogen and oxygen atoms in total. The fraction of sp³-hybridized carbons (Fsp3) is 0.433. The zero-order chi connectivity index (χ0) is 41.4. The fourth-order valence-corrected chi connectivity index (χ4v) is 11.8. The smallest absolute Gasteiger partial charge is 0.0215 e. The van der Waals surface area contributed by atoms with Crippen molar-refractivity contribution in [1.29, 1.82) is 0 Å². The van der Waals surface area contributed by atoms with Crippen LogP contribution in [0.25, 0.3) is 55.6 Å². The molecule has 60 heavy (non-hydrogen) atoms. The van der Waals surface area contributed by atoms with Crippen molar-refractivity contribution in [2.24, 2.45) is 0 Å². The van der Waals surface area contributed by atoms with Crippen LogP contribution in [0.5, 0.6) is 0 Å². The Morgan fingerprint density at radius 3 is 0.983 bits per heavy atom. The molecule has 8 rings (SSSR count). The molecule has 0 saturated carbocycles. The molecule has 0 fully saturated rings. The van der Waals surface area contributed by atoms with Crippen molar-refractivity contribution >= 4 is 0 Å². The Morgan fingerprint density at radius 2 is 0.600 bits per heavy atom. The summed E-state index contributed by atoms with van der Waals surface area (Å²) >= 11 is 0. The van der Waals surface area contributed by atoms with Gasteiger partial charge in [-0.3, -0.25) is 0 Å². The lowest BCUT2D eigenvalue weighted by atomic mass is 9.70. The van der Waals surface area contributed by atoms with Gasteiger partial charge in [-0.2, -0.15) is 0 Å². The van der Waals surface area contributed by atoms with Gasteiger partial charge < -0.3 is 0 Å². The number of unbranched alkanes of at least 4 members (excludes halogenated alkanes) is 12. The number of hydrogen-bond donors (Lipinski definition) is 0. The van der Waals surface area contributed by atoms with Crippen LogP contribution >= 0.6 is 0 Å². The summed E-state index contributed by atoms with van der Waals surface area (Å²) in [5.41, 5.74) is 20.5. The molecular weight excluding hydrogens is 721 g/mol. The Morgan fingerprint density at radius 1 is 0.267 bits per heavy atom. The Hall–Kier alpha value is -4.42. The van der Waals surface area contributed by atoms with Gasteiger partial charge in [-0.1, -0.05) is 234 Å². The van der Waals surface area contributed by atoms with E-state index in [0.29, 0.717) is 0 Å². The standard InChI is InChI=1S/C60H72/c1-5-9-13-24-38-59(39-25-14-10-6-2)55-32-22-20-30-49(55)51-36-34-45(42-57(51)59)53-44-54(48-29-19-17-18-28-47(48)53)46-35-37-52-50-31-21-23-33-56(50)60(58(52)43-46,40-26-15-11-7-3)41-27-16-12-8-4/h17-23,28-37,42-44H,5-16,24-27,38-41H2,1-4H3. The molecule has 0 unspecified atom stereocenters. The van der Waals surface area contributed by atoms with Gasteiger partial charge in [-0.25, -0.2) is 0 Å². The van der Waals surface area contributed by atoms with Crippen LogP contribution in [0.15, 0.2) is 121 Å². The summed E-state index contributed by atoms with van der Waals surface area (Å²) in [5.74, 6) is 0. The zero-order valence-electron chi connectivity index (χ0n) is 37.7. The monoisotopic (exact) mass is 793 g/mol. The molecule has 0 spiro atoms. The minimum Gasteiger partial charge on any atom is -0.0654 e. The summed E-state index contributed by atoms with van der Waals surface area (Å²) in [5, 5.41) is 0. The second kappa shape index (κ2) is 19.5. The van der Waals surface area contributed by atoms with E-state index < -0.39 is 0 Å². The van der Waals surface area contributed by atoms with Crippen LogP contribution in [0.1, 0.15) is 178 Å². The fourth-order valence-electron chi connectivity index (χ4n) is 11.8. The molecule has 0 amide bonds. The summed E-state index contributed by atoms with van der Waals surface area (Å²) in [4.78, 5) is 0. The summed E-state index contributed by atoms with van der Waals surface area (Å²) < 4.78 is 0. The first-order valence-corrected chi connectivity index (χ1v) is 24.6. The molecule has 4 aromatic carbocycles. The third-order valence-corrected chi connectivity index (χ3v) is 14.9. The molecule has 0 saturated heterocycles. The number of rotatable bonds is 22. The van der Waals surface area contributed by atoms with E-state index in [-0.39, 0.29) is 10.8 Å². The van der Waals surface area contributed by atoms with Gasteiger partial charge in [0.15, 0.2) is 0 Å². The van der Waals surface area contributed by atoms with Crippen LogP contribution in [0.3, 0.4) is 0 Å². The van der Waals surface area contributed by atoms with Gasteiger partial charge in [-0.05, 0) is 122 Å². The van der Waals surface area contributed by atoms with E-state index in [2.05, 4.69) is 149 Å². The molecular formula is C60H72. The maximum atomic E-state index is 2.65. The normalized spacial score (nSPS) is 14.3. The molecule has 0 aromatic heterocycles. The van der Waals surface area contributed by atoms with Crippen molar-refractivity contribution in [3.05, 3.63) is 144 Å². The highest BCUT2D eigenvalue weighted by atomic mass is 14.5. The first-order chi connectivity index (χ1) is 29.6. The largest absolute Gasteiger partial charge is 0.0654 e. The van der Waals surface area contributed by atoms with Gasteiger partial charge in [0.05, 0.1) is 0 Å². The van der Waals surface area contributed by atoms with E-state index in [9.17, 15) is 0 Å². The molecule has 0 heteroatoms. The lowest BCUT2D eigenvalue weighted by Crippen LogP contribution is -2.25. The molecule has 4 aromatic rings. The zero-order valence-corrected chi connectivity index (χ0v) is 37.7. The Bertz CT molecular complexity index is 2120. The minimum absolute atomic E-state index is 0.0753. The topological polar surface area (TPSA) is 0 Å². The van der Waals surface area contributed by atoms with Crippen molar-refractivity contribution in [1.82, 2.24) is 0 Å². The van der Waals surface area contributed by atoms with E-state index in [1.807, 2.05) is 0 Å². The highest BCUT2D eigenvalue weighted by molar-refractivity contribution is 5.99. The Labute approximate surface area is 364 Å². The van der Waals surface area contributed by atoms with E-state index in [1.165, 1.54) is 184 Å². The highest BCUT2D eigenvalue weighted by Crippen LogP contribution is 2.58. The van der Waals surface area contributed by atoms with Gasteiger partial charge in [0.1, 0.15) is 0 Å². The Kier molecular flexibility index (Phi) is 13.8. The van der Waals surface area contributed by atoms with Crippen molar-refractivity contribution < 1.29 is 0 Å². The second-order valence-electron chi connectivity index (χ2n) is 18.7. The van der Waals surface area contributed by atoms with E-state index in [4.69, 9.17) is 0 Å².